The van der Waals surface area contributed by atoms with Crippen LogP contribution in [0.1, 0.15) is 48.4 Å². The highest BCUT2D eigenvalue weighted by Crippen LogP contribution is 2.33. The van der Waals surface area contributed by atoms with Gasteiger partial charge in [-0.2, -0.15) is 0 Å². The summed E-state index contributed by atoms with van der Waals surface area (Å²) in [6, 6.07) is 46.4. The van der Waals surface area contributed by atoms with E-state index in [1.807, 2.05) is 6.21 Å². The van der Waals surface area contributed by atoms with Crippen molar-refractivity contribution >= 4 is 34.6 Å². The molecule has 236 valence electrons. The van der Waals surface area contributed by atoms with Crippen molar-refractivity contribution in [3.8, 4) is 11.1 Å². The molecule has 1 unspecified atom stereocenters. The molecule has 0 N–H and O–H groups in total. The van der Waals surface area contributed by atoms with E-state index in [2.05, 4.69) is 170 Å². The number of benzene rings is 5. The van der Waals surface area contributed by atoms with Crippen LogP contribution in [0.2, 0.25) is 0 Å². The Morgan fingerprint density at radius 2 is 1.33 bits per heavy atom. The number of nitrogens with zero attached hydrogens (tertiary/aromatic N) is 1. The molecule has 3 aliphatic rings. The fraction of sp³-hybridized carbons (Fsp3) is 0.104. The van der Waals surface area contributed by atoms with Crippen LogP contribution < -0.4 is 20.9 Å². The molecular formula is C48H39N. The first kappa shape index (κ1) is 30.5. The lowest BCUT2D eigenvalue weighted by atomic mass is 9.86. The quantitative estimate of drug-likeness (QED) is 0.184. The summed E-state index contributed by atoms with van der Waals surface area (Å²) in [5.41, 5.74) is 12.6. The van der Waals surface area contributed by atoms with Crippen LogP contribution in [0.3, 0.4) is 0 Å². The molecule has 0 fully saturated rings. The second kappa shape index (κ2) is 13.7. The third-order valence-corrected chi connectivity index (χ3v) is 10.0. The zero-order valence-corrected chi connectivity index (χ0v) is 27.7. The van der Waals surface area contributed by atoms with Gasteiger partial charge in [-0.1, -0.05) is 164 Å². The van der Waals surface area contributed by atoms with Crippen molar-refractivity contribution in [2.24, 2.45) is 4.99 Å². The molecule has 0 radical (unpaired) electrons. The summed E-state index contributed by atoms with van der Waals surface area (Å²) < 4.78 is 0. The van der Waals surface area contributed by atoms with E-state index in [0.29, 0.717) is 0 Å². The van der Waals surface area contributed by atoms with Gasteiger partial charge in [0.05, 0.1) is 6.04 Å². The Kier molecular flexibility index (Phi) is 8.57. The zero-order valence-electron chi connectivity index (χ0n) is 27.7. The summed E-state index contributed by atoms with van der Waals surface area (Å²) >= 11 is 0. The van der Waals surface area contributed by atoms with Crippen molar-refractivity contribution < 1.29 is 0 Å². The minimum Gasteiger partial charge on any atom is -0.285 e. The second-order valence-electron chi connectivity index (χ2n) is 13.0. The van der Waals surface area contributed by atoms with Crippen LogP contribution in [0, 0.1) is 0 Å². The van der Waals surface area contributed by atoms with E-state index < -0.39 is 0 Å². The maximum Gasteiger partial charge on any atom is 0.0789 e. The predicted octanol–water partition coefficient (Wildman–Crippen LogP) is 8.80. The van der Waals surface area contributed by atoms with Gasteiger partial charge in [-0.05, 0) is 108 Å². The average Bonchev–Trinajstić information content (AvgIpc) is 3.17. The molecule has 1 heteroatoms. The SMILES string of the molecule is C=C1/C=C\C=C/C/C(C2=c3cccc(-c4ccccc4)c3=CCC2)=c2/cccc/c2=C/1c1ccc(C2=CC=NC(c3ccccc3)C2)cc1. The standard InChI is InChI=1S/C48H39N/c1-34-15-5-2-10-20-42(44-26-14-24-41-40(23-13-25-43(41)44)36-16-6-3-7-17-36)45-21-11-12-22-46(45)48(34)38-29-27-35(28-30-38)39-31-32-49-47(33-39)37-18-8-4-9-19-37/h2-13,15-19,21-25,27-32,47H,1,14,20,26,33H2/b10-2-,15-5-,45-42+,48-46+. The number of dihydropyridines is 1. The molecule has 0 saturated heterocycles. The topological polar surface area (TPSA) is 12.4 Å². The van der Waals surface area contributed by atoms with Crippen molar-refractivity contribution in [1.82, 2.24) is 0 Å². The first-order valence-corrected chi connectivity index (χ1v) is 17.4. The highest BCUT2D eigenvalue weighted by Gasteiger charge is 2.18. The smallest absolute Gasteiger partial charge is 0.0789 e. The van der Waals surface area contributed by atoms with Gasteiger partial charge in [0.1, 0.15) is 0 Å². The summed E-state index contributed by atoms with van der Waals surface area (Å²) in [6.45, 7) is 4.61. The van der Waals surface area contributed by atoms with Crippen molar-refractivity contribution in [3.63, 3.8) is 0 Å². The minimum absolute atomic E-state index is 0.149. The number of hydrogen-bond acceptors (Lipinski definition) is 1. The molecule has 0 aromatic heterocycles. The summed E-state index contributed by atoms with van der Waals surface area (Å²) in [4.78, 5) is 4.78. The predicted molar refractivity (Wildman–Crippen MR) is 209 cm³/mol. The molecule has 2 aliphatic carbocycles. The number of hydrogen-bond donors (Lipinski definition) is 0. The van der Waals surface area contributed by atoms with Crippen LogP contribution in [0.15, 0.2) is 175 Å². The van der Waals surface area contributed by atoms with Crippen LogP contribution >= 0.6 is 0 Å². The van der Waals surface area contributed by atoms with E-state index in [0.717, 1.165) is 31.3 Å². The van der Waals surface area contributed by atoms with E-state index >= 15 is 0 Å². The second-order valence-corrected chi connectivity index (χ2v) is 13.0. The molecule has 0 amide bonds. The molecule has 5 aromatic carbocycles. The van der Waals surface area contributed by atoms with Gasteiger partial charge in [-0.15, -0.1) is 0 Å². The fourth-order valence-corrected chi connectivity index (χ4v) is 7.63. The molecule has 0 bridgehead atoms. The molecule has 1 heterocycles. The van der Waals surface area contributed by atoms with Gasteiger partial charge in [0.25, 0.3) is 0 Å². The summed E-state index contributed by atoms with van der Waals surface area (Å²) in [5.74, 6) is 0. The molecule has 5 aromatic rings. The summed E-state index contributed by atoms with van der Waals surface area (Å²) in [6.07, 6.45) is 19.1. The van der Waals surface area contributed by atoms with Crippen molar-refractivity contribution in [3.05, 3.63) is 207 Å². The Morgan fingerprint density at radius 3 is 2.14 bits per heavy atom. The highest BCUT2D eigenvalue weighted by molar-refractivity contribution is 5.92. The van der Waals surface area contributed by atoms with E-state index in [1.54, 1.807) is 0 Å². The summed E-state index contributed by atoms with van der Waals surface area (Å²) in [7, 11) is 0. The highest BCUT2D eigenvalue weighted by atomic mass is 14.8. The Bertz CT molecular complexity index is 2420. The Hall–Kier alpha value is -5.79. The largest absolute Gasteiger partial charge is 0.285 e. The molecular weight excluding hydrogens is 591 g/mol. The zero-order chi connectivity index (χ0) is 33.0. The maximum atomic E-state index is 4.78. The molecule has 0 saturated carbocycles. The molecule has 1 atom stereocenters. The van der Waals surface area contributed by atoms with Gasteiger partial charge in [-0.3, -0.25) is 4.99 Å². The van der Waals surface area contributed by atoms with E-state index in [-0.39, 0.29) is 6.04 Å². The van der Waals surface area contributed by atoms with Crippen molar-refractivity contribution in [2.75, 3.05) is 0 Å². The Labute approximate surface area is 289 Å². The van der Waals surface area contributed by atoms with Crippen LogP contribution in [0.4, 0.5) is 0 Å². The molecule has 1 aliphatic heterocycles. The molecule has 8 rings (SSSR count). The van der Waals surface area contributed by atoms with Crippen LogP contribution in [-0.4, -0.2) is 6.21 Å². The fourth-order valence-electron chi connectivity index (χ4n) is 7.63. The Balaban J connectivity index is 1.29. The first-order chi connectivity index (χ1) is 24.2. The molecule has 1 nitrogen and oxygen atoms in total. The van der Waals surface area contributed by atoms with E-state index in [4.69, 9.17) is 4.99 Å². The monoisotopic (exact) mass is 629 g/mol. The van der Waals surface area contributed by atoms with Gasteiger partial charge in [-0.25, -0.2) is 0 Å². The lowest BCUT2D eigenvalue weighted by molar-refractivity contribution is 0.752. The van der Waals surface area contributed by atoms with E-state index in [9.17, 15) is 0 Å². The number of fused-ring (bicyclic) bond motifs is 2. The maximum absolute atomic E-state index is 4.78. The third kappa shape index (κ3) is 6.17. The normalized spacial score (nSPS) is 20.7. The van der Waals surface area contributed by atoms with Gasteiger partial charge < -0.3 is 0 Å². The number of rotatable bonds is 5. The van der Waals surface area contributed by atoms with Gasteiger partial charge in [0, 0.05) is 6.21 Å². The van der Waals surface area contributed by atoms with Gasteiger partial charge in [0.2, 0.25) is 0 Å². The molecule has 49 heavy (non-hydrogen) atoms. The number of aliphatic imine (C=N–C) groups is 1. The lowest BCUT2D eigenvalue weighted by Crippen LogP contribution is -2.35. The lowest BCUT2D eigenvalue weighted by Gasteiger charge is -2.19. The van der Waals surface area contributed by atoms with Crippen LogP contribution in [0.25, 0.3) is 39.5 Å². The molecule has 0 spiro atoms. The van der Waals surface area contributed by atoms with Crippen molar-refractivity contribution in [1.29, 1.82) is 0 Å². The average molecular weight is 630 g/mol. The summed E-state index contributed by atoms with van der Waals surface area (Å²) in [5, 5.41) is 5.21. The first-order valence-electron chi connectivity index (χ1n) is 17.4. The third-order valence-electron chi connectivity index (χ3n) is 10.0. The van der Waals surface area contributed by atoms with Crippen molar-refractivity contribution in [2.45, 2.75) is 31.7 Å². The van der Waals surface area contributed by atoms with Crippen LogP contribution in [-0.2, 0) is 0 Å². The Morgan fingerprint density at radius 1 is 0.612 bits per heavy atom. The number of allylic oxidation sites excluding steroid dienone is 6. The van der Waals surface area contributed by atoms with Gasteiger partial charge >= 0.3 is 0 Å². The van der Waals surface area contributed by atoms with Gasteiger partial charge in [0.15, 0.2) is 0 Å². The van der Waals surface area contributed by atoms with Crippen LogP contribution in [0.5, 0.6) is 0 Å². The minimum atomic E-state index is 0.149. The van der Waals surface area contributed by atoms with E-state index in [1.165, 1.54) is 71.0 Å².